The van der Waals surface area contributed by atoms with Gasteiger partial charge in [0, 0.05) is 0 Å². The normalized spacial score (nSPS) is 20.4. The number of aliphatic hydroxyl groups excluding tert-OH is 3. The van der Waals surface area contributed by atoms with E-state index in [9.17, 15) is 28.5 Å². The fraction of sp³-hybridized carbons (Fsp3) is 0.258. The minimum absolute atomic E-state index is 0.154. The van der Waals surface area contributed by atoms with Crippen molar-refractivity contribution in [2.24, 2.45) is 4.36 Å². The molecule has 2 aromatic heterocycles. The second kappa shape index (κ2) is 12.5. The molecule has 14 nitrogen and oxygen atoms in total. The van der Waals surface area contributed by atoms with Crippen LogP contribution in [-0.4, -0.2) is 81.9 Å². The molecular formula is C31H29N5O9S. The summed E-state index contributed by atoms with van der Waals surface area (Å²) in [7, 11) is 0.172. The SMILES string of the molecule is COc1ccc(C(c2ccccc2)(c2ccc(OC)cc2)C(O)[C@H]2O[C@@H](n3cnc4c(=O)[nH]c(N=S(=O)=O)nc43)[C@H](O)[C@@H]2O)cc1. The molecule has 3 aromatic carbocycles. The zero-order valence-electron chi connectivity index (χ0n) is 24.5. The van der Waals surface area contributed by atoms with E-state index in [0.717, 1.165) is 6.33 Å². The van der Waals surface area contributed by atoms with E-state index in [4.69, 9.17) is 14.2 Å². The Bertz CT molecular complexity index is 1990. The number of aliphatic hydroxyl groups is 3. The number of H-pyrrole nitrogens is 1. The monoisotopic (exact) mass is 647 g/mol. The summed E-state index contributed by atoms with van der Waals surface area (Å²) in [4.78, 5) is 22.9. The number of aromatic amines is 1. The maximum absolute atomic E-state index is 12.6. The predicted octanol–water partition coefficient (Wildman–Crippen LogP) is 1.85. The Kier molecular flexibility index (Phi) is 8.41. The molecule has 0 amide bonds. The number of nitrogens with one attached hydrogen (secondary N) is 1. The van der Waals surface area contributed by atoms with Crippen molar-refractivity contribution in [3.63, 3.8) is 0 Å². The molecule has 5 aromatic rings. The maximum Gasteiger partial charge on any atom is 0.319 e. The molecule has 0 aliphatic carbocycles. The van der Waals surface area contributed by atoms with Crippen LogP contribution in [0, 0.1) is 0 Å². The minimum Gasteiger partial charge on any atom is -0.497 e. The number of fused-ring (bicyclic) bond motifs is 1. The van der Waals surface area contributed by atoms with Crippen LogP contribution < -0.4 is 15.0 Å². The van der Waals surface area contributed by atoms with Gasteiger partial charge in [0.2, 0.25) is 5.95 Å². The highest BCUT2D eigenvalue weighted by molar-refractivity contribution is 7.61. The highest BCUT2D eigenvalue weighted by Crippen LogP contribution is 2.47. The Hall–Kier alpha value is -4.93. The lowest BCUT2D eigenvalue weighted by molar-refractivity contribution is -0.0972. The summed E-state index contributed by atoms with van der Waals surface area (Å²) in [6.45, 7) is 0. The molecular weight excluding hydrogens is 618 g/mol. The zero-order chi connectivity index (χ0) is 32.6. The quantitative estimate of drug-likeness (QED) is 0.170. The summed E-state index contributed by atoms with van der Waals surface area (Å²) < 4.78 is 43.7. The smallest absolute Gasteiger partial charge is 0.319 e. The number of aromatic nitrogens is 4. The van der Waals surface area contributed by atoms with E-state index in [1.54, 1.807) is 62.8 Å². The van der Waals surface area contributed by atoms with Crippen LogP contribution in [0.4, 0.5) is 5.95 Å². The highest BCUT2D eigenvalue weighted by atomic mass is 32.2. The number of hydrogen-bond donors (Lipinski definition) is 4. The molecule has 4 N–H and O–H groups in total. The van der Waals surface area contributed by atoms with E-state index < -0.39 is 58.1 Å². The van der Waals surface area contributed by atoms with Crippen LogP contribution in [0.5, 0.6) is 11.5 Å². The van der Waals surface area contributed by atoms with Crippen LogP contribution in [0.3, 0.4) is 0 Å². The van der Waals surface area contributed by atoms with Crippen molar-refractivity contribution in [2.45, 2.75) is 36.1 Å². The van der Waals surface area contributed by atoms with Crippen molar-refractivity contribution in [3.05, 3.63) is 112 Å². The molecule has 1 aliphatic rings. The lowest BCUT2D eigenvalue weighted by atomic mass is 9.64. The molecule has 1 aliphatic heterocycles. The first-order chi connectivity index (χ1) is 22.2. The Morgan fingerprint density at radius 3 is 2.02 bits per heavy atom. The fourth-order valence-electron chi connectivity index (χ4n) is 6.06. The molecule has 238 valence electrons. The van der Waals surface area contributed by atoms with Crippen molar-refractivity contribution in [3.8, 4) is 11.5 Å². The van der Waals surface area contributed by atoms with Crippen LogP contribution >= 0.6 is 0 Å². The molecule has 0 saturated carbocycles. The standard InChI is InChI=1S/C31H29N5O9S/c1-43-20-12-8-18(9-13-20)31(17-6-4-3-5-7-17,19-10-14-21(44-2)15-11-19)26(39)25-23(37)24(38)29(45-25)36-16-32-22-27(36)33-30(34-28(22)40)35-46(41)42/h3-16,23-26,29,37-39H,1-2H3,(H,33,34,40)/t23-,24+,25-,26?,29+/m0/s1. The van der Waals surface area contributed by atoms with Gasteiger partial charge in [0.15, 0.2) is 17.4 Å². The molecule has 1 saturated heterocycles. The van der Waals surface area contributed by atoms with Crippen LogP contribution in [0.2, 0.25) is 0 Å². The summed E-state index contributed by atoms with van der Waals surface area (Å²) in [6.07, 6.45) is -6.45. The van der Waals surface area contributed by atoms with Crippen molar-refractivity contribution in [1.29, 1.82) is 0 Å². The number of rotatable bonds is 9. The number of hydrogen-bond acceptors (Lipinski definition) is 12. The highest BCUT2D eigenvalue weighted by Gasteiger charge is 2.55. The van der Waals surface area contributed by atoms with E-state index in [2.05, 4.69) is 19.3 Å². The Morgan fingerprint density at radius 1 is 0.913 bits per heavy atom. The van der Waals surface area contributed by atoms with Crippen molar-refractivity contribution in [1.82, 2.24) is 19.5 Å². The third-order valence-electron chi connectivity index (χ3n) is 8.20. The molecule has 3 heterocycles. The minimum atomic E-state index is -2.91. The zero-order valence-corrected chi connectivity index (χ0v) is 25.3. The summed E-state index contributed by atoms with van der Waals surface area (Å²) in [5, 5.41) is 35.3. The maximum atomic E-state index is 12.6. The summed E-state index contributed by atoms with van der Waals surface area (Å²) in [6, 6.07) is 23.4. The predicted molar refractivity (Wildman–Crippen MR) is 163 cm³/mol. The van der Waals surface area contributed by atoms with Crippen molar-refractivity contribution in [2.75, 3.05) is 14.2 Å². The molecule has 46 heavy (non-hydrogen) atoms. The molecule has 1 fully saturated rings. The summed E-state index contributed by atoms with van der Waals surface area (Å²) >= 11 is 0. The summed E-state index contributed by atoms with van der Waals surface area (Å²) in [5.74, 6) is 0.659. The van der Waals surface area contributed by atoms with Gasteiger partial charge in [-0.3, -0.25) is 14.3 Å². The van der Waals surface area contributed by atoms with Gasteiger partial charge in [-0.2, -0.15) is 13.4 Å². The van der Waals surface area contributed by atoms with Crippen LogP contribution in [0.1, 0.15) is 22.9 Å². The molecule has 15 heteroatoms. The molecule has 1 unspecified atom stereocenters. The molecule has 5 atom stereocenters. The van der Waals surface area contributed by atoms with E-state index in [1.165, 1.54) is 4.57 Å². The average molecular weight is 648 g/mol. The lowest BCUT2D eigenvalue weighted by Crippen LogP contribution is -2.52. The van der Waals surface area contributed by atoms with Gasteiger partial charge in [-0.25, -0.2) is 4.98 Å². The first-order valence-electron chi connectivity index (χ1n) is 14.0. The van der Waals surface area contributed by atoms with Gasteiger partial charge in [0.05, 0.1) is 26.0 Å². The average Bonchev–Trinajstić information content (AvgIpc) is 3.62. The van der Waals surface area contributed by atoms with Crippen LogP contribution in [-0.2, 0) is 20.7 Å². The van der Waals surface area contributed by atoms with E-state index in [0.29, 0.717) is 28.2 Å². The Morgan fingerprint density at radius 2 is 1.48 bits per heavy atom. The van der Waals surface area contributed by atoms with Crippen molar-refractivity contribution < 1.29 is 37.9 Å². The number of benzene rings is 3. The van der Waals surface area contributed by atoms with E-state index in [-0.39, 0.29) is 11.2 Å². The number of ether oxygens (including phenoxy) is 3. The van der Waals surface area contributed by atoms with Gasteiger partial charge in [0.25, 0.3) is 5.56 Å². The molecule has 6 rings (SSSR count). The number of nitrogens with zero attached hydrogens (tertiary/aromatic N) is 4. The van der Waals surface area contributed by atoms with Gasteiger partial charge in [-0.05, 0) is 41.0 Å². The topological polar surface area (TPSA) is 198 Å². The van der Waals surface area contributed by atoms with Gasteiger partial charge in [-0.15, -0.1) is 0 Å². The number of imidazole rings is 1. The van der Waals surface area contributed by atoms with Gasteiger partial charge in [-0.1, -0.05) is 59.0 Å². The summed E-state index contributed by atoms with van der Waals surface area (Å²) in [5.41, 5.74) is -0.576. The second-order valence-electron chi connectivity index (χ2n) is 10.6. The van der Waals surface area contributed by atoms with Gasteiger partial charge >= 0.3 is 10.5 Å². The van der Waals surface area contributed by atoms with Gasteiger partial charge < -0.3 is 29.5 Å². The fourth-order valence-corrected chi connectivity index (χ4v) is 6.29. The Labute approximate surface area is 263 Å². The third kappa shape index (κ3) is 5.23. The van der Waals surface area contributed by atoms with Crippen LogP contribution in [0.15, 0.2) is 94.3 Å². The first kappa shape index (κ1) is 31.1. The third-order valence-corrected chi connectivity index (χ3v) is 8.53. The van der Waals surface area contributed by atoms with Gasteiger partial charge in [0.1, 0.15) is 35.9 Å². The molecule has 0 spiro atoms. The molecule has 0 bridgehead atoms. The van der Waals surface area contributed by atoms with Crippen LogP contribution in [0.25, 0.3) is 11.2 Å². The van der Waals surface area contributed by atoms with E-state index in [1.807, 2.05) is 30.3 Å². The van der Waals surface area contributed by atoms with E-state index >= 15 is 0 Å². The van der Waals surface area contributed by atoms with Crippen molar-refractivity contribution >= 4 is 27.6 Å². The second-order valence-corrected chi connectivity index (χ2v) is 11.2. The lowest BCUT2D eigenvalue weighted by Gasteiger charge is -2.42. The largest absolute Gasteiger partial charge is 0.497 e. The molecule has 0 radical (unpaired) electrons. The Balaban J connectivity index is 1.51. The first-order valence-corrected chi connectivity index (χ1v) is 15.0. The number of methoxy groups -OCH3 is 2.